The second kappa shape index (κ2) is 4.19. The molecule has 3 nitrogen and oxygen atoms in total. The molecule has 0 heterocycles. The van der Waals surface area contributed by atoms with Gasteiger partial charge in [-0.1, -0.05) is 18.4 Å². The molecule has 4 heteroatoms. The third-order valence-corrected chi connectivity index (χ3v) is 1.90. The fourth-order valence-electron chi connectivity index (χ4n) is 1.13. The number of rotatable bonds is 3. The minimum absolute atomic E-state index is 0.00981. The van der Waals surface area contributed by atoms with Crippen LogP contribution in [0, 0.1) is 0 Å². The summed E-state index contributed by atoms with van der Waals surface area (Å²) in [6.07, 6.45) is 0. The summed E-state index contributed by atoms with van der Waals surface area (Å²) in [5.74, 6) is 0.398. The van der Waals surface area contributed by atoms with Gasteiger partial charge < -0.3 is 14.9 Å². The van der Waals surface area contributed by atoms with Gasteiger partial charge in [0.25, 0.3) is 0 Å². The third kappa shape index (κ3) is 1.95. The highest BCUT2D eigenvalue weighted by Crippen LogP contribution is 2.28. The van der Waals surface area contributed by atoms with Crippen molar-refractivity contribution in [3.8, 4) is 11.5 Å². The molecule has 0 bridgehead atoms. The highest BCUT2D eigenvalue weighted by molar-refractivity contribution is 6.52. The van der Waals surface area contributed by atoms with E-state index in [4.69, 9.17) is 9.84 Å². The van der Waals surface area contributed by atoms with Crippen LogP contribution in [0.4, 0.5) is 0 Å². The molecule has 0 amide bonds. The van der Waals surface area contributed by atoms with Gasteiger partial charge in [-0.25, -0.2) is 0 Å². The normalized spacial score (nSPS) is 9.77. The monoisotopic (exact) mass is 179 g/mol. The summed E-state index contributed by atoms with van der Waals surface area (Å²) in [6, 6.07) is 3.44. The van der Waals surface area contributed by atoms with Crippen LogP contribution in [0.5, 0.6) is 11.5 Å². The summed E-state index contributed by atoms with van der Waals surface area (Å²) in [5.41, 5.74) is 1.39. The molecule has 0 fully saturated rings. The third-order valence-electron chi connectivity index (χ3n) is 1.90. The standard InChI is InChI=1S/C9H12BO3/c1-10-7-3-6(5-11)9(12)8(4-7)13-2/h3-4,11-12H,5H2,1-2H3. The fourth-order valence-corrected chi connectivity index (χ4v) is 1.13. The Morgan fingerprint density at radius 1 is 1.46 bits per heavy atom. The smallest absolute Gasteiger partial charge is 0.163 e. The summed E-state index contributed by atoms with van der Waals surface area (Å²) in [7, 11) is 3.36. The maximum absolute atomic E-state index is 9.51. The summed E-state index contributed by atoms with van der Waals surface area (Å²) in [5, 5.41) is 18.4. The molecule has 1 aromatic rings. The molecule has 0 unspecified atom stereocenters. The van der Waals surface area contributed by atoms with E-state index in [-0.39, 0.29) is 12.4 Å². The molecule has 2 N–H and O–H groups in total. The first-order valence-corrected chi connectivity index (χ1v) is 4.03. The van der Waals surface area contributed by atoms with Gasteiger partial charge in [-0.3, -0.25) is 0 Å². The van der Waals surface area contributed by atoms with Gasteiger partial charge in [0.15, 0.2) is 11.5 Å². The summed E-state index contributed by atoms with van der Waals surface area (Å²) < 4.78 is 4.95. The van der Waals surface area contributed by atoms with Gasteiger partial charge in [0, 0.05) is 5.56 Å². The van der Waals surface area contributed by atoms with E-state index in [1.165, 1.54) is 7.11 Å². The molecule has 0 spiro atoms. The molecule has 13 heavy (non-hydrogen) atoms. The van der Waals surface area contributed by atoms with E-state index in [9.17, 15) is 5.11 Å². The minimum Gasteiger partial charge on any atom is -0.504 e. The van der Waals surface area contributed by atoms with Crippen molar-refractivity contribution in [3.05, 3.63) is 17.7 Å². The van der Waals surface area contributed by atoms with Crippen molar-refractivity contribution < 1.29 is 14.9 Å². The van der Waals surface area contributed by atoms with E-state index in [2.05, 4.69) is 0 Å². The number of aromatic hydroxyl groups is 1. The van der Waals surface area contributed by atoms with Gasteiger partial charge in [0.1, 0.15) is 7.28 Å². The number of hydrogen-bond donors (Lipinski definition) is 2. The lowest BCUT2D eigenvalue weighted by Crippen LogP contribution is -2.12. The predicted molar refractivity (Wildman–Crippen MR) is 51.8 cm³/mol. The highest BCUT2D eigenvalue weighted by atomic mass is 16.5. The molecule has 1 aromatic carbocycles. The van der Waals surface area contributed by atoms with Gasteiger partial charge in [-0.05, 0) is 6.07 Å². The molecule has 0 saturated carbocycles. The Balaban J connectivity index is 3.20. The van der Waals surface area contributed by atoms with Crippen LogP contribution in [0.25, 0.3) is 0 Å². The second-order valence-electron chi connectivity index (χ2n) is 2.68. The summed E-state index contributed by atoms with van der Waals surface area (Å²) in [6.45, 7) is 1.69. The Kier molecular flexibility index (Phi) is 3.20. The maximum Gasteiger partial charge on any atom is 0.163 e. The molecule has 1 rings (SSSR count). The number of methoxy groups -OCH3 is 1. The van der Waals surface area contributed by atoms with Crippen molar-refractivity contribution in [2.75, 3.05) is 7.11 Å². The van der Waals surface area contributed by atoms with Crippen molar-refractivity contribution >= 4 is 12.7 Å². The van der Waals surface area contributed by atoms with E-state index < -0.39 is 0 Å². The molecule has 0 aliphatic rings. The van der Waals surface area contributed by atoms with Crippen LogP contribution in [0.15, 0.2) is 12.1 Å². The Morgan fingerprint density at radius 2 is 2.15 bits per heavy atom. The molecule has 0 aliphatic heterocycles. The van der Waals surface area contributed by atoms with Crippen molar-refractivity contribution in [1.29, 1.82) is 0 Å². The van der Waals surface area contributed by atoms with Crippen molar-refractivity contribution in [2.45, 2.75) is 13.4 Å². The molecule has 69 valence electrons. The molecular formula is C9H12BO3. The van der Waals surface area contributed by atoms with Gasteiger partial charge in [-0.2, -0.15) is 0 Å². The van der Waals surface area contributed by atoms with Crippen LogP contribution in [0.3, 0.4) is 0 Å². The Labute approximate surface area is 78.2 Å². The molecule has 0 aliphatic carbocycles. The van der Waals surface area contributed by atoms with Crippen LogP contribution in [-0.2, 0) is 6.61 Å². The van der Waals surface area contributed by atoms with Crippen molar-refractivity contribution in [2.24, 2.45) is 0 Å². The molecule has 1 radical (unpaired) electrons. The number of benzene rings is 1. The number of hydrogen-bond acceptors (Lipinski definition) is 3. The summed E-state index contributed by atoms with van der Waals surface area (Å²) >= 11 is 0. The minimum atomic E-state index is -0.191. The average molecular weight is 179 g/mol. The lowest BCUT2D eigenvalue weighted by atomic mass is 9.73. The van der Waals surface area contributed by atoms with Crippen LogP contribution in [-0.4, -0.2) is 24.6 Å². The van der Waals surface area contributed by atoms with Gasteiger partial charge >= 0.3 is 0 Å². The van der Waals surface area contributed by atoms with Crippen molar-refractivity contribution in [3.63, 3.8) is 0 Å². The Morgan fingerprint density at radius 3 is 2.62 bits per heavy atom. The Hall–Kier alpha value is -1.16. The van der Waals surface area contributed by atoms with E-state index >= 15 is 0 Å². The van der Waals surface area contributed by atoms with E-state index in [0.717, 1.165) is 5.46 Å². The van der Waals surface area contributed by atoms with E-state index in [1.54, 1.807) is 12.1 Å². The first-order valence-electron chi connectivity index (χ1n) is 4.03. The highest BCUT2D eigenvalue weighted by Gasteiger charge is 2.08. The number of aliphatic hydroxyl groups is 1. The first-order chi connectivity index (χ1) is 6.22. The molecule has 0 saturated heterocycles. The molecule has 0 atom stereocenters. The SMILES string of the molecule is C[B]c1cc(CO)c(O)c(OC)c1. The van der Waals surface area contributed by atoms with Crippen molar-refractivity contribution in [1.82, 2.24) is 0 Å². The van der Waals surface area contributed by atoms with E-state index in [1.807, 2.05) is 14.1 Å². The largest absolute Gasteiger partial charge is 0.504 e. The number of phenols is 1. The van der Waals surface area contributed by atoms with Crippen LogP contribution in [0.1, 0.15) is 5.56 Å². The Bertz CT molecular complexity index is 274. The number of ether oxygens (including phenoxy) is 1. The second-order valence-corrected chi connectivity index (χ2v) is 2.68. The average Bonchev–Trinajstić information content (AvgIpc) is 2.18. The maximum atomic E-state index is 9.51. The fraction of sp³-hybridized carbons (Fsp3) is 0.333. The first kappa shape index (κ1) is 9.93. The molecule has 0 aromatic heterocycles. The predicted octanol–water partition coefficient (Wildman–Crippen LogP) is 0.271. The topological polar surface area (TPSA) is 49.7 Å². The summed E-state index contributed by atoms with van der Waals surface area (Å²) in [4.78, 5) is 0. The lowest BCUT2D eigenvalue weighted by Gasteiger charge is -2.09. The van der Waals surface area contributed by atoms with Gasteiger partial charge in [0.2, 0.25) is 0 Å². The van der Waals surface area contributed by atoms with Crippen LogP contribution in [0.2, 0.25) is 6.82 Å². The van der Waals surface area contributed by atoms with Crippen LogP contribution >= 0.6 is 0 Å². The van der Waals surface area contributed by atoms with E-state index in [0.29, 0.717) is 11.3 Å². The zero-order chi connectivity index (χ0) is 9.84. The number of aliphatic hydroxyl groups excluding tert-OH is 1. The zero-order valence-corrected chi connectivity index (χ0v) is 7.74. The quantitative estimate of drug-likeness (QED) is 0.654. The van der Waals surface area contributed by atoms with Crippen LogP contribution < -0.4 is 10.2 Å². The van der Waals surface area contributed by atoms with Gasteiger partial charge in [-0.15, -0.1) is 0 Å². The lowest BCUT2D eigenvalue weighted by molar-refractivity contribution is 0.272. The zero-order valence-electron chi connectivity index (χ0n) is 7.74. The molecular weight excluding hydrogens is 167 g/mol. The van der Waals surface area contributed by atoms with Gasteiger partial charge in [0.05, 0.1) is 13.7 Å².